The van der Waals surface area contributed by atoms with Gasteiger partial charge in [0.2, 0.25) is 5.88 Å². The molecule has 3 heterocycles. The number of hydrogen-bond acceptors (Lipinski definition) is 5. The van der Waals surface area contributed by atoms with E-state index in [1.807, 2.05) is 26.0 Å². The largest absolute Gasteiger partial charge is 0.481 e. The molecule has 3 aromatic heterocycles. The molecule has 0 spiro atoms. The molecule has 0 atom stereocenters. The van der Waals surface area contributed by atoms with Crippen LogP contribution in [0.4, 0.5) is 0 Å². The first-order chi connectivity index (χ1) is 12.1. The molecule has 0 aromatic carbocycles. The average molecular weight is 337 g/mol. The van der Waals surface area contributed by atoms with Gasteiger partial charge in [0, 0.05) is 30.7 Å². The van der Waals surface area contributed by atoms with Crippen LogP contribution < -0.4 is 10.1 Å². The van der Waals surface area contributed by atoms with Gasteiger partial charge < -0.3 is 10.1 Å². The standard InChI is InChI=1S/C18H19N5O2/c1-12-8-13(2)23(22-12)16-5-4-15(11-20-16)18(24)21-10-14-6-7-19-17(9-14)25-3/h4-9,11H,10H2,1-3H3,(H,21,24). The lowest BCUT2D eigenvalue weighted by Gasteiger charge is -2.07. The number of carbonyl (C=O) groups excluding carboxylic acids is 1. The zero-order valence-corrected chi connectivity index (χ0v) is 14.4. The number of aromatic nitrogens is 4. The quantitative estimate of drug-likeness (QED) is 0.772. The third-order valence-corrected chi connectivity index (χ3v) is 3.70. The van der Waals surface area contributed by atoms with E-state index in [-0.39, 0.29) is 5.91 Å². The molecule has 7 heteroatoms. The summed E-state index contributed by atoms with van der Waals surface area (Å²) in [7, 11) is 1.56. The number of nitrogens with zero attached hydrogens (tertiary/aromatic N) is 4. The molecular formula is C18H19N5O2. The zero-order chi connectivity index (χ0) is 17.8. The highest BCUT2D eigenvalue weighted by Gasteiger charge is 2.09. The van der Waals surface area contributed by atoms with Crippen molar-refractivity contribution in [3.8, 4) is 11.7 Å². The Balaban J connectivity index is 1.67. The molecule has 0 radical (unpaired) electrons. The van der Waals surface area contributed by atoms with Crippen molar-refractivity contribution in [2.45, 2.75) is 20.4 Å². The van der Waals surface area contributed by atoms with Gasteiger partial charge in [-0.15, -0.1) is 0 Å². The fourth-order valence-corrected chi connectivity index (χ4v) is 2.46. The van der Waals surface area contributed by atoms with Gasteiger partial charge in [0.05, 0.1) is 18.4 Å². The van der Waals surface area contributed by atoms with Crippen LogP contribution in [0.1, 0.15) is 27.3 Å². The molecule has 0 aliphatic carbocycles. The minimum atomic E-state index is -0.191. The Morgan fingerprint density at radius 3 is 2.68 bits per heavy atom. The second kappa shape index (κ2) is 7.12. The van der Waals surface area contributed by atoms with Gasteiger partial charge in [0.1, 0.15) is 0 Å². The molecule has 7 nitrogen and oxygen atoms in total. The van der Waals surface area contributed by atoms with Crippen LogP contribution in [0.15, 0.2) is 42.7 Å². The molecule has 1 N–H and O–H groups in total. The van der Waals surface area contributed by atoms with Crippen LogP contribution in [0.2, 0.25) is 0 Å². The highest BCUT2D eigenvalue weighted by Crippen LogP contribution is 2.11. The number of nitrogens with one attached hydrogen (secondary N) is 1. The van der Waals surface area contributed by atoms with Gasteiger partial charge in [-0.2, -0.15) is 5.10 Å². The molecule has 25 heavy (non-hydrogen) atoms. The van der Waals surface area contributed by atoms with Crippen molar-refractivity contribution < 1.29 is 9.53 Å². The minimum Gasteiger partial charge on any atom is -0.481 e. The Morgan fingerprint density at radius 1 is 1.20 bits per heavy atom. The summed E-state index contributed by atoms with van der Waals surface area (Å²) in [6.07, 6.45) is 3.19. The third-order valence-electron chi connectivity index (χ3n) is 3.70. The van der Waals surface area contributed by atoms with Crippen LogP contribution in [-0.2, 0) is 6.54 Å². The van der Waals surface area contributed by atoms with E-state index in [2.05, 4.69) is 20.4 Å². The molecule has 0 aliphatic heterocycles. The molecule has 128 valence electrons. The summed E-state index contributed by atoms with van der Waals surface area (Å²) in [5.74, 6) is 1.01. The fraction of sp³-hybridized carbons (Fsp3) is 0.222. The Labute approximate surface area is 145 Å². The topological polar surface area (TPSA) is 81.9 Å². The van der Waals surface area contributed by atoms with E-state index in [1.165, 1.54) is 0 Å². The number of ether oxygens (including phenoxy) is 1. The van der Waals surface area contributed by atoms with Crippen molar-refractivity contribution in [2.75, 3.05) is 7.11 Å². The smallest absolute Gasteiger partial charge is 0.253 e. The van der Waals surface area contributed by atoms with Crippen LogP contribution in [-0.4, -0.2) is 32.8 Å². The van der Waals surface area contributed by atoms with Crippen LogP contribution in [0.25, 0.3) is 5.82 Å². The number of pyridine rings is 2. The third kappa shape index (κ3) is 3.82. The lowest BCUT2D eigenvalue weighted by atomic mass is 10.2. The molecule has 0 saturated heterocycles. The molecule has 0 fully saturated rings. The van der Waals surface area contributed by atoms with Crippen molar-refractivity contribution in [3.05, 3.63) is 65.2 Å². The highest BCUT2D eigenvalue weighted by atomic mass is 16.5. The number of amides is 1. The van der Waals surface area contributed by atoms with E-state index in [0.29, 0.717) is 23.8 Å². The SMILES string of the molecule is COc1cc(CNC(=O)c2ccc(-n3nc(C)cc3C)nc2)ccn1. The zero-order valence-electron chi connectivity index (χ0n) is 14.4. The van der Waals surface area contributed by atoms with Gasteiger partial charge in [-0.1, -0.05) is 0 Å². The average Bonchev–Trinajstić information content (AvgIpc) is 2.98. The number of aryl methyl sites for hydroxylation is 2. The van der Waals surface area contributed by atoms with Crippen molar-refractivity contribution in [2.24, 2.45) is 0 Å². The van der Waals surface area contributed by atoms with Crippen LogP contribution in [0.3, 0.4) is 0 Å². The Hall–Kier alpha value is -3.22. The summed E-state index contributed by atoms with van der Waals surface area (Å²) in [5, 5.41) is 7.24. The van der Waals surface area contributed by atoms with E-state index < -0.39 is 0 Å². The molecule has 3 rings (SSSR count). The fourth-order valence-electron chi connectivity index (χ4n) is 2.46. The van der Waals surface area contributed by atoms with Crippen molar-refractivity contribution in [3.63, 3.8) is 0 Å². The monoisotopic (exact) mass is 337 g/mol. The van der Waals surface area contributed by atoms with Gasteiger partial charge in [-0.25, -0.2) is 14.6 Å². The summed E-state index contributed by atoms with van der Waals surface area (Å²) in [6.45, 7) is 4.28. The second-order valence-electron chi connectivity index (χ2n) is 5.63. The summed E-state index contributed by atoms with van der Waals surface area (Å²) >= 11 is 0. The van der Waals surface area contributed by atoms with E-state index in [1.54, 1.807) is 42.4 Å². The van der Waals surface area contributed by atoms with Gasteiger partial charge in [0.25, 0.3) is 5.91 Å². The van der Waals surface area contributed by atoms with Crippen molar-refractivity contribution in [1.82, 2.24) is 25.1 Å². The van der Waals surface area contributed by atoms with Crippen LogP contribution in [0, 0.1) is 13.8 Å². The minimum absolute atomic E-state index is 0.191. The number of carbonyl (C=O) groups is 1. The Morgan fingerprint density at radius 2 is 2.04 bits per heavy atom. The maximum Gasteiger partial charge on any atom is 0.253 e. The maximum atomic E-state index is 12.3. The predicted molar refractivity (Wildman–Crippen MR) is 92.8 cm³/mol. The first-order valence-corrected chi connectivity index (χ1v) is 7.83. The van der Waals surface area contributed by atoms with Gasteiger partial charge in [-0.3, -0.25) is 4.79 Å². The molecular weight excluding hydrogens is 318 g/mol. The lowest BCUT2D eigenvalue weighted by molar-refractivity contribution is 0.0950. The molecule has 0 aliphatic rings. The summed E-state index contributed by atoms with van der Waals surface area (Å²) in [4.78, 5) is 20.6. The van der Waals surface area contributed by atoms with Crippen molar-refractivity contribution >= 4 is 5.91 Å². The maximum absolute atomic E-state index is 12.3. The van der Waals surface area contributed by atoms with Gasteiger partial charge in [0.15, 0.2) is 5.82 Å². The summed E-state index contributed by atoms with van der Waals surface area (Å²) < 4.78 is 6.82. The molecule has 0 bridgehead atoms. The second-order valence-corrected chi connectivity index (χ2v) is 5.63. The molecule has 1 amide bonds. The number of rotatable bonds is 5. The van der Waals surface area contributed by atoms with E-state index in [0.717, 1.165) is 17.0 Å². The van der Waals surface area contributed by atoms with E-state index in [9.17, 15) is 4.79 Å². The van der Waals surface area contributed by atoms with Crippen LogP contribution in [0.5, 0.6) is 5.88 Å². The van der Waals surface area contributed by atoms with Crippen LogP contribution >= 0.6 is 0 Å². The first kappa shape index (κ1) is 16.6. The van der Waals surface area contributed by atoms with Crippen molar-refractivity contribution in [1.29, 1.82) is 0 Å². The first-order valence-electron chi connectivity index (χ1n) is 7.83. The highest BCUT2D eigenvalue weighted by molar-refractivity contribution is 5.93. The molecule has 3 aromatic rings. The lowest BCUT2D eigenvalue weighted by Crippen LogP contribution is -2.23. The summed E-state index contributed by atoms with van der Waals surface area (Å²) in [5.41, 5.74) is 3.32. The van der Waals surface area contributed by atoms with E-state index >= 15 is 0 Å². The number of methoxy groups -OCH3 is 1. The molecule has 0 saturated carbocycles. The normalized spacial score (nSPS) is 10.5. The van der Waals surface area contributed by atoms with Gasteiger partial charge >= 0.3 is 0 Å². The van der Waals surface area contributed by atoms with Gasteiger partial charge in [-0.05, 0) is 43.7 Å². The summed E-state index contributed by atoms with van der Waals surface area (Å²) in [6, 6.07) is 9.10. The predicted octanol–water partition coefficient (Wildman–Crippen LogP) is 2.22. The Bertz CT molecular complexity index is 887. The van der Waals surface area contributed by atoms with E-state index in [4.69, 9.17) is 4.74 Å². The molecule has 0 unspecified atom stereocenters. The Kier molecular flexibility index (Phi) is 4.74. The number of hydrogen-bond donors (Lipinski definition) is 1.